The van der Waals surface area contributed by atoms with Crippen molar-refractivity contribution in [2.45, 2.75) is 65.2 Å². The Balaban J connectivity index is 2.24. The Morgan fingerprint density at radius 3 is 2.11 bits per heavy atom. The lowest BCUT2D eigenvalue weighted by molar-refractivity contribution is -0.0229. The number of likely N-dealkylation sites (tertiary alicyclic amines) is 1. The topological polar surface area (TPSA) is 67.9 Å². The Labute approximate surface area is 166 Å². The van der Waals surface area contributed by atoms with Crippen LogP contribution in [-0.4, -0.2) is 41.4 Å². The molecule has 1 aliphatic heterocycles. The Hall–Kier alpha value is -1.95. The number of rotatable bonds is 2. The molecular weight excluding hydrogens is 368 g/mol. The van der Waals surface area contributed by atoms with Crippen molar-refractivity contribution in [1.29, 1.82) is 0 Å². The van der Waals surface area contributed by atoms with Gasteiger partial charge in [-0.3, -0.25) is 0 Å². The molecule has 6 nitrogen and oxygen atoms in total. The van der Waals surface area contributed by atoms with Gasteiger partial charge >= 0.3 is 12.2 Å². The molecule has 0 aromatic heterocycles. The van der Waals surface area contributed by atoms with Crippen LogP contribution in [0.25, 0.3) is 0 Å². The molecule has 1 aromatic rings. The van der Waals surface area contributed by atoms with Crippen LogP contribution < -0.4 is 5.32 Å². The number of nitrogens with zero attached hydrogens (tertiary/aromatic N) is 1. The maximum Gasteiger partial charge on any atom is 0.410 e. The first-order valence-corrected chi connectivity index (χ1v) is 9.34. The number of nitrogens with one attached hydrogen (secondary N) is 1. The first-order chi connectivity index (χ1) is 12.2. The number of halogens is 1. The summed E-state index contributed by atoms with van der Waals surface area (Å²) in [6.45, 7) is 13.3. The lowest BCUT2D eigenvalue weighted by atomic mass is 9.82. The molecule has 2 rings (SSSR count). The molecule has 0 radical (unpaired) electrons. The average Bonchev–Trinajstić information content (AvgIpc) is 2.38. The summed E-state index contributed by atoms with van der Waals surface area (Å²) in [6, 6.07) is 5.64. The number of aryl methyl sites for hydroxylation is 1. The van der Waals surface area contributed by atoms with E-state index in [9.17, 15) is 9.59 Å². The molecular formula is C20H29ClN2O4. The number of alkyl carbamates (subject to hydrolysis) is 1. The summed E-state index contributed by atoms with van der Waals surface area (Å²) in [4.78, 5) is 26.3. The monoisotopic (exact) mass is 396 g/mol. The zero-order valence-electron chi connectivity index (χ0n) is 17.1. The van der Waals surface area contributed by atoms with E-state index in [0.717, 1.165) is 11.1 Å². The van der Waals surface area contributed by atoms with Crippen molar-refractivity contribution in [1.82, 2.24) is 10.2 Å². The van der Waals surface area contributed by atoms with Crippen LogP contribution in [0.1, 0.15) is 52.7 Å². The fraction of sp³-hybridized carbons (Fsp3) is 0.600. The highest BCUT2D eigenvalue weighted by atomic mass is 35.5. The van der Waals surface area contributed by atoms with Crippen molar-refractivity contribution in [2.75, 3.05) is 13.1 Å². The van der Waals surface area contributed by atoms with Crippen LogP contribution >= 0.6 is 11.6 Å². The zero-order chi connectivity index (χ0) is 20.6. The fourth-order valence-electron chi connectivity index (χ4n) is 2.88. The van der Waals surface area contributed by atoms with Crippen LogP contribution in [0.4, 0.5) is 9.59 Å². The molecule has 0 unspecified atom stereocenters. The van der Waals surface area contributed by atoms with Gasteiger partial charge in [-0.05, 0) is 65.7 Å². The highest BCUT2D eigenvalue weighted by Gasteiger charge is 2.50. The summed E-state index contributed by atoms with van der Waals surface area (Å²) in [6.07, 6.45) is -0.977. The lowest BCUT2D eigenvalue weighted by Crippen LogP contribution is -2.69. The molecule has 1 saturated heterocycles. The van der Waals surface area contributed by atoms with E-state index in [0.29, 0.717) is 5.02 Å². The molecule has 0 atom stereocenters. The molecule has 1 heterocycles. The molecule has 150 valence electrons. The molecule has 1 N–H and O–H groups in total. The summed E-state index contributed by atoms with van der Waals surface area (Å²) in [7, 11) is 0. The number of hydrogen-bond acceptors (Lipinski definition) is 4. The number of benzene rings is 1. The van der Waals surface area contributed by atoms with Crippen LogP contribution in [0, 0.1) is 6.92 Å². The predicted molar refractivity (Wildman–Crippen MR) is 105 cm³/mol. The molecule has 7 heteroatoms. The maximum absolute atomic E-state index is 12.4. The minimum Gasteiger partial charge on any atom is -0.444 e. The SMILES string of the molecule is Cc1ccc(C2(NC(=O)OC(C)(C)C)CN(C(=O)OC(C)(C)C)C2)c(Cl)c1. The quantitative estimate of drug-likeness (QED) is 0.791. The third kappa shape index (κ3) is 5.51. The molecule has 0 spiro atoms. The molecule has 0 bridgehead atoms. The summed E-state index contributed by atoms with van der Waals surface area (Å²) in [5.74, 6) is 0. The minimum absolute atomic E-state index is 0.254. The predicted octanol–water partition coefficient (Wildman–Crippen LogP) is 4.62. The van der Waals surface area contributed by atoms with Gasteiger partial charge in [0.05, 0.1) is 13.1 Å². The molecule has 0 saturated carbocycles. The van der Waals surface area contributed by atoms with E-state index in [1.54, 1.807) is 25.7 Å². The van der Waals surface area contributed by atoms with Crippen LogP contribution in [0.15, 0.2) is 18.2 Å². The van der Waals surface area contributed by atoms with E-state index >= 15 is 0 Å². The summed E-state index contributed by atoms with van der Waals surface area (Å²) in [5, 5.41) is 3.45. The van der Waals surface area contributed by atoms with E-state index in [2.05, 4.69) is 5.32 Å². The van der Waals surface area contributed by atoms with Crippen molar-refractivity contribution in [3.05, 3.63) is 34.3 Å². The Morgan fingerprint density at radius 2 is 1.63 bits per heavy atom. The van der Waals surface area contributed by atoms with Gasteiger partial charge in [0.2, 0.25) is 0 Å². The maximum atomic E-state index is 12.4. The molecule has 1 aliphatic rings. The van der Waals surface area contributed by atoms with Gasteiger partial charge in [0.1, 0.15) is 16.7 Å². The molecule has 2 amide bonds. The molecule has 1 fully saturated rings. The van der Waals surface area contributed by atoms with Crippen LogP contribution in [-0.2, 0) is 15.0 Å². The zero-order valence-corrected chi connectivity index (χ0v) is 17.9. The highest BCUT2D eigenvalue weighted by molar-refractivity contribution is 6.31. The third-order valence-corrected chi connectivity index (χ3v) is 4.27. The van der Waals surface area contributed by atoms with E-state index in [1.807, 2.05) is 45.9 Å². The number of carbonyl (C=O) groups is 2. The first-order valence-electron chi connectivity index (χ1n) is 8.96. The Morgan fingerprint density at radius 1 is 1.07 bits per heavy atom. The second-order valence-electron chi connectivity index (χ2n) is 9.03. The second kappa shape index (κ2) is 7.23. The second-order valence-corrected chi connectivity index (χ2v) is 9.44. The van der Waals surface area contributed by atoms with Gasteiger partial charge in [0.25, 0.3) is 0 Å². The van der Waals surface area contributed by atoms with E-state index in [-0.39, 0.29) is 13.1 Å². The Bertz CT molecular complexity index is 728. The van der Waals surface area contributed by atoms with Crippen molar-refractivity contribution in [2.24, 2.45) is 0 Å². The van der Waals surface area contributed by atoms with Gasteiger partial charge in [-0.15, -0.1) is 0 Å². The largest absolute Gasteiger partial charge is 0.444 e. The van der Waals surface area contributed by atoms with Gasteiger partial charge in [0, 0.05) is 5.02 Å². The number of hydrogen-bond donors (Lipinski definition) is 1. The number of ether oxygens (including phenoxy) is 2. The number of carbonyl (C=O) groups excluding carboxylic acids is 2. The molecule has 1 aromatic carbocycles. The van der Waals surface area contributed by atoms with Crippen LogP contribution in [0.3, 0.4) is 0 Å². The third-order valence-electron chi connectivity index (χ3n) is 3.95. The summed E-state index contributed by atoms with van der Waals surface area (Å²) < 4.78 is 10.8. The van der Waals surface area contributed by atoms with Gasteiger partial charge < -0.3 is 19.7 Å². The van der Waals surface area contributed by atoms with Crippen molar-refractivity contribution in [3.63, 3.8) is 0 Å². The smallest absolute Gasteiger partial charge is 0.410 e. The van der Waals surface area contributed by atoms with Crippen LogP contribution in [0.2, 0.25) is 5.02 Å². The summed E-state index contributed by atoms with van der Waals surface area (Å²) in [5.41, 5.74) is -0.268. The van der Waals surface area contributed by atoms with Gasteiger partial charge in [-0.2, -0.15) is 0 Å². The Kier molecular flexibility index (Phi) is 5.71. The fourth-order valence-corrected chi connectivity index (χ4v) is 3.30. The number of amides is 2. The standard InChI is InChI=1S/C20H29ClN2O4/c1-13-8-9-14(15(21)10-13)20(22-16(24)26-18(2,3)4)11-23(12-20)17(25)27-19(5,6)7/h8-10H,11-12H2,1-7H3,(H,22,24). The normalized spacial score (nSPS) is 16.4. The van der Waals surface area contributed by atoms with E-state index < -0.39 is 28.9 Å². The highest BCUT2D eigenvalue weighted by Crippen LogP contribution is 2.37. The van der Waals surface area contributed by atoms with Crippen molar-refractivity contribution in [3.8, 4) is 0 Å². The van der Waals surface area contributed by atoms with Crippen molar-refractivity contribution >= 4 is 23.8 Å². The molecule has 27 heavy (non-hydrogen) atoms. The first kappa shape index (κ1) is 21.4. The summed E-state index contributed by atoms with van der Waals surface area (Å²) >= 11 is 6.45. The van der Waals surface area contributed by atoms with E-state index in [4.69, 9.17) is 21.1 Å². The van der Waals surface area contributed by atoms with Crippen molar-refractivity contribution < 1.29 is 19.1 Å². The van der Waals surface area contributed by atoms with E-state index in [1.165, 1.54) is 0 Å². The average molecular weight is 397 g/mol. The van der Waals surface area contributed by atoms with Gasteiger partial charge in [-0.1, -0.05) is 23.7 Å². The molecule has 0 aliphatic carbocycles. The van der Waals surface area contributed by atoms with Crippen LogP contribution in [0.5, 0.6) is 0 Å². The lowest BCUT2D eigenvalue weighted by Gasteiger charge is -2.50. The van der Waals surface area contributed by atoms with Gasteiger partial charge in [-0.25, -0.2) is 9.59 Å². The minimum atomic E-state index is -0.815. The van der Waals surface area contributed by atoms with Gasteiger partial charge in [0.15, 0.2) is 0 Å².